The van der Waals surface area contributed by atoms with E-state index < -0.39 is 0 Å². The fourth-order valence-electron chi connectivity index (χ4n) is 1.91. The van der Waals surface area contributed by atoms with Gasteiger partial charge >= 0.3 is 0 Å². The number of fused-ring (bicyclic) bond motifs is 1. The normalized spacial score (nSPS) is 12.6. The fourth-order valence-corrected chi connectivity index (χ4v) is 3.15. The Kier molecular flexibility index (Phi) is 3.28. The third kappa shape index (κ3) is 1.97. The van der Waals surface area contributed by atoms with Gasteiger partial charge in [0.1, 0.15) is 0 Å². The second-order valence-electron chi connectivity index (χ2n) is 3.89. The van der Waals surface area contributed by atoms with Gasteiger partial charge < -0.3 is 0 Å². The van der Waals surface area contributed by atoms with Crippen molar-refractivity contribution in [1.82, 2.24) is 5.32 Å². The molecule has 0 spiro atoms. The summed E-state index contributed by atoms with van der Waals surface area (Å²) < 4.78 is 1.35. The molecule has 1 aromatic carbocycles. The van der Waals surface area contributed by atoms with Crippen LogP contribution in [0.5, 0.6) is 0 Å². The molecule has 0 bridgehead atoms. The second kappa shape index (κ2) is 4.69. The van der Waals surface area contributed by atoms with Gasteiger partial charge in [-0.05, 0) is 30.9 Å². The van der Waals surface area contributed by atoms with Gasteiger partial charge in [-0.3, -0.25) is 5.32 Å². The molecular formula is C14H15NS. The highest BCUT2D eigenvalue weighted by molar-refractivity contribution is 7.19. The molecule has 2 rings (SSSR count). The van der Waals surface area contributed by atoms with Crippen molar-refractivity contribution in [3.05, 3.63) is 34.7 Å². The molecule has 16 heavy (non-hydrogen) atoms. The predicted molar refractivity (Wildman–Crippen MR) is 71.8 cm³/mol. The first kappa shape index (κ1) is 11.2. The lowest BCUT2D eigenvalue weighted by molar-refractivity contribution is 0.631. The maximum absolute atomic E-state index is 5.26. The van der Waals surface area contributed by atoms with Crippen molar-refractivity contribution in [3.8, 4) is 12.3 Å². The monoisotopic (exact) mass is 229 g/mol. The van der Waals surface area contributed by atoms with E-state index in [-0.39, 0.29) is 0 Å². The van der Waals surface area contributed by atoms with Crippen LogP contribution in [0.15, 0.2) is 24.3 Å². The molecule has 0 aliphatic carbocycles. The minimum absolute atomic E-state index is 0.327. The average molecular weight is 229 g/mol. The number of aryl methyl sites for hydroxylation is 1. The van der Waals surface area contributed by atoms with Crippen molar-refractivity contribution in [2.45, 2.75) is 19.9 Å². The zero-order chi connectivity index (χ0) is 11.5. The van der Waals surface area contributed by atoms with Crippen LogP contribution in [-0.4, -0.2) is 6.54 Å². The molecule has 0 saturated heterocycles. The lowest BCUT2D eigenvalue weighted by Crippen LogP contribution is -2.18. The lowest BCUT2D eigenvalue weighted by Gasteiger charge is -2.10. The van der Waals surface area contributed by atoms with Gasteiger partial charge in [-0.2, -0.15) is 0 Å². The van der Waals surface area contributed by atoms with E-state index in [1.807, 2.05) is 11.3 Å². The molecule has 1 unspecified atom stereocenters. The van der Waals surface area contributed by atoms with Crippen LogP contribution < -0.4 is 5.32 Å². The highest BCUT2D eigenvalue weighted by atomic mass is 32.1. The van der Waals surface area contributed by atoms with E-state index >= 15 is 0 Å². The quantitative estimate of drug-likeness (QED) is 0.794. The number of rotatable bonds is 3. The topological polar surface area (TPSA) is 12.0 Å². The number of benzene rings is 1. The Balaban J connectivity index is 2.38. The van der Waals surface area contributed by atoms with Crippen LogP contribution >= 0.6 is 11.3 Å². The van der Waals surface area contributed by atoms with E-state index in [4.69, 9.17) is 6.42 Å². The molecule has 0 radical (unpaired) electrons. The first-order chi connectivity index (χ1) is 7.74. The minimum Gasteiger partial charge on any atom is -0.299 e. The van der Waals surface area contributed by atoms with Crippen LogP contribution in [0.1, 0.15) is 23.4 Å². The van der Waals surface area contributed by atoms with Gasteiger partial charge in [0.25, 0.3) is 0 Å². The molecular weight excluding hydrogens is 214 g/mol. The Labute approximate surface area is 100 Å². The van der Waals surface area contributed by atoms with Crippen LogP contribution in [-0.2, 0) is 0 Å². The number of hydrogen-bond acceptors (Lipinski definition) is 2. The van der Waals surface area contributed by atoms with Crippen molar-refractivity contribution in [3.63, 3.8) is 0 Å². The van der Waals surface area contributed by atoms with Gasteiger partial charge in [-0.15, -0.1) is 17.8 Å². The van der Waals surface area contributed by atoms with E-state index in [2.05, 4.69) is 49.4 Å². The summed E-state index contributed by atoms with van der Waals surface area (Å²) in [6, 6.07) is 8.85. The summed E-state index contributed by atoms with van der Waals surface area (Å²) in [5.74, 6) is 2.62. The SMILES string of the molecule is C#CCNC(C)c1sc2ccccc2c1C. The zero-order valence-electron chi connectivity index (χ0n) is 9.58. The van der Waals surface area contributed by atoms with Gasteiger partial charge in [-0.25, -0.2) is 0 Å². The zero-order valence-corrected chi connectivity index (χ0v) is 10.4. The highest BCUT2D eigenvalue weighted by Gasteiger charge is 2.12. The largest absolute Gasteiger partial charge is 0.299 e. The first-order valence-corrected chi connectivity index (χ1v) is 6.20. The molecule has 0 saturated carbocycles. The van der Waals surface area contributed by atoms with Crippen molar-refractivity contribution in [2.24, 2.45) is 0 Å². The van der Waals surface area contributed by atoms with E-state index in [0.717, 1.165) is 0 Å². The summed E-state index contributed by atoms with van der Waals surface area (Å²) in [5.41, 5.74) is 1.37. The lowest BCUT2D eigenvalue weighted by atomic mass is 10.1. The van der Waals surface area contributed by atoms with Gasteiger partial charge in [-0.1, -0.05) is 24.1 Å². The summed E-state index contributed by atoms with van der Waals surface area (Å²) in [7, 11) is 0. The molecule has 0 aliphatic rings. The Morgan fingerprint density at radius 3 is 2.88 bits per heavy atom. The third-order valence-corrected chi connectivity index (χ3v) is 4.24. The maximum atomic E-state index is 5.26. The number of hydrogen-bond donors (Lipinski definition) is 1. The minimum atomic E-state index is 0.327. The van der Waals surface area contributed by atoms with Crippen LogP contribution in [0, 0.1) is 19.3 Å². The molecule has 82 valence electrons. The molecule has 1 heterocycles. The van der Waals surface area contributed by atoms with Crippen molar-refractivity contribution in [2.75, 3.05) is 6.54 Å². The Morgan fingerprint density at radius 1 is 1.44 bits per heavy atom. The molecule has 0 aliphatic heterocycles. The molecule has 1 nitrogen and oxygen atoms in total. The van der Waals surface area contributed by atoms with Gasteiger partial charge in [0.2, 0.25) is 0 Å². The summed E-state index contributed by atoms with van der Waals surface area (Å²) in [6.45, 7) is 4.96. The van der Waals surface area contributed by atoms with Crippen LogP contribution in [0.25, 0.3) is 10.1 Å². The molecule has 2 aromatic rings. The van der Waals surface area contributed by atoms with Crippen LogP contribution in [0.4, 0.5) is 0 Å². The highest BCUT2D eigenvalue weighted by Crippen LogP contribution is 2.34. The van der Waals surface area contributed by atoms with E-state index in [1.54, 1.807) is 0 Å². The van der Waals surface area contributed by atoms with Gasteiger partial charge in [0.15, 0.2) is 0 Å². The predicted octanol–water partition coefficient (Wildman–Crippen LogP) is 3.49. The Morgan fingerprint density at radius 2 is 2.19 bits per heavy atom. The van der Waals surface area contributed by atoms with E-state index in [9.17, 15) is 0 Å². The smallest absolute Gasteiger partial charge is 0.0578 e. The van der Waals surface area contributed by atoms with Crippen molar-refractivity contribution in [1.29, 1.82) is 0 Å². The summed E-state index contributed by atoms with van der Waals surface area (Å²) in [5, 5.41) is 4.68. The summed E-state index contributed by atoms with van der Waals surface area (Å²) in [6.07, 6.45) is 5.26. The first-order valence-electron chi connectivity index (χ1n) is 5.39. The van der Waals surface area contributed by atoms with Crippen LogP contribution in [0.2, 0.25) is 0 Å². The molecule has 0 amide bonds. The van der Waals surface area contributed by atoms with Crippen LogP contribution in [0.3, 0.4) is 0 Å². The molecule has 1 N–H and O–H groups in total. The third-order valence-electron chi connectivity index (χ3n) is 2.78. The standard InChI is InChI=1S/C14H15NS/c1-4-9-15-11(3)14-10(2)12-7-5-6-8-13(12)16-14/h1,5-8,11,15H,9H2,2-3H3. The number of terminal acetylenes is 1. The van der Waals surface area contributed by atoms with E-state index in [1.165, 1.54) is 20.5 Å². The van der Waals surface area contributed by atoms with Gasteiger partial charge in [0, 0.05) is 15.6 Å². The Bertz CT molecular complexity index is 533. The number of thiophene rings is 1. The molecule has 2 heteroatoms. The van der Waals surface area contributed by atoms with Gasteiger partial charge in [0.05, 0.1) is 6.54 Å². The number of nitrogens with one attached hydrogen (secondary N) is 1. The average Bonchev–Trinajstić information content (AvgIpc) is 2.64. The Hall–Kier alpha value is -1.30. The summed E-state index contributed by atoms with van der Waals surface area (Å²) in [4.78, 5) is 1.39. The fraction of sp³-hybridized carbons (Fsp3) is 0.286. The van der Waals surface area contributed by atoms with Crippen molar-refractivity contribution < 1.29 is 0 Å². The second-order valence-corrected chi connectivity index (χ2v) is 4.98. The maximum Gasteiger partial charge on any atom is 0.0578 e. The molecule has 1 atom stereocenters. The molecule has 1 aromatic heterocycles. The summed E-state index contributed by atoms with van der Waals surface area (Å²) >= 11 is 1.85. The molecule has 0 fully saturated rings. The van der Waals surface area contributed by atoms with E-state index in [0.29, 0.717) is 12.6 Å². The van der Waals surface area contributed by atoms with Crippen molar-refractivity contribution >= 4 is 21.4 Å².